The van der Waals surface area contributed by atoms with Gasteiger partial charge in [-0.1, -0.05) is 18.2 Å². The molecule has 0 saturated carbocycles. The zero-order valence-electron chi connectivity index (χ0n) is 13.8. The van der Waals surface area contributed by atoms with Gasteiger partial charge in [0.15, 0.2) is 9.84 Å². The van der Waals surface area contributed by atoms with E-state index in [-0.39, 0.29) is 11.9 Å². The van der Waals surface area contributed by atoms with E-state index in [2.05, 4.69) is 5.32 Å². The van der Waals surface area contributed by atoms with E-state index in [9.17, 15) is 12.8 Å². The van der Waals surface area contributed by atoms with Crippen LogP contribution in [-0.4, -0.2) is 45.2 Å². The first-order valence-corrected chi connectivity index (χ1v) is 9.97. The second kappa shape index (κ2) is 7.73. The molecule has 1 heterocycles. The number of aryl methyl sites for hydroxylation is 1. The lowest BCUT2D eigenvalue weighted by atomic mass is 9.98. The van der Waals surface area contributed by atoms with E-state index in [1.54, 1.807) is 12.1 Å². The number of sulfone groups is 1. The van der Waals surface area contributed by atoms with Crippen LogP contribution in [0, 0.1) is 5.82 Å². The van der Waals surface area contributed by atoms with Gasteiger partial charge in [-0.25, -0.2) is 12.8 Å². The molecule has 1 aromatic carbocycles. The largest absolute Gasteiger partial charge is 0.381 e. The van der Waals surface area contributed by atoms with E-state index in [1.165, 1.54) is 12.3 Å². The molecule has 1 saturated heterocycles. The first kappa shape index (κ1) is 18.4. The lowest BCUT2D eigenvalue weighted by molar-refractivity contribution is 0.0738. The molecule has 6 heteroatoms. The third-order valence-corrected chi connectivity index (χ3v) is 6.89. The van der Waals surface area contributed by atoms with Crippen LogP contribution in [0.25, 0.3) is 0 Å². The highest BCUT2D eigenvalue weighted by molar-refractivity contribution is 7.92. The van der Waals surface area contributed by atoms with Crippen LogP contribution >= 0.6 is 0 Å². The molecule has 1 aromatic rings. The number of rotatable bonds is 7. The molecule has 1 N–H and O–H groups in total. The molecule has 1 unspecified atom stereocenters. The van der Waals surface area contributed by atoms with Crippen molar-refractivity contribution in [2.45, 2.75) is 43.4 Å². The van der Waals surface area contributed by atoms with Crippen LogP contribution in [-0.2, 0) is 21.0 Å². The molecule has 0 aromatic heterocycles. The quantitative estimate of drug-likeness (QED) is 0.826. The first-order valence-electron chi connectivity index (χ1n) is 8.08. The summed E-state index contributed by atoms with van der Waals surface area (Å²) < 4.78 is 42.6. The minimum absolute atomic E-state index is 0.121. The number of benzene rings is 1. The number of halogens is 1. The van der Waals surface area contributed by atoms with Crippen molar-refractivity contribution in [3.05, 3.63) is 35.6 Å². The van der Waals surface area contributed by atoms with Crippen molar-refractivity contribution >= 4 is 9.84 Å². The average Bonchev–Trinajstić information content (AvgIpc) is 2.52. The fraction of sp³-hybridized carbons (Fsp3) is 0.647. The molecule has 1 atom stereocenters. The Morgan fingerprint density at radius 1 is 1.30 bits per heavy atom. The van der Waals surface area contributed by atoms with Gasteiger partial charge in [-0.15, -0.1) is 0 Å². The number of hydrogen-bond acceptors (Lipinski definition) is 4. The van der Waals surface area contributed by atoms with Crippen molar-refractivity contribution in [3.8, 4) is 0 Å². The molecule has 2 rings (SSSR count). The van der Waals surface area contributed by atoms with Crippen LogP contribution in [0.15, 0.2) is 24.3 Å². The highest BCUT2D eigenvalue weighted by Gasteiger charge is 2.42. The van der Waals surface area contributed by atoms with Crippen molar-refractivity contribution in [3.63, 3.8) is 0 Å². The van der Waals surface area contributed by atoms with Crippen LogP contribution in [0.2, 0.25) is 0 Å². The Labute approximate surface area is 138 Å². The lowest BCUT2D eigenvalue weighted by Crippen LogP contribution is -2.52. The molecule has 0 radical (unpaired) electrons. The zero-order chi connectivity index (χ0) is 16.9. The molecule has 0 bridgehead atoms. The number of nitrogens with one attached hydrogen (secondary N) is 1. The predicted molar refractivity (Wildman–Crippen MR) is 89.8 cm³/mol. The van der Waals surface area contributed by atoms with E-state index in [0.29, 0.717) is 44.6 Å². The third kappa shape index (κ3) is 4.75. The smallest absolute Gasteiger partial charge is 0.154 e. The van der Waals surface area contributed by atoms with E-state index in [1.807, 2.05) is 13.0 Å². The highest BCUT2D eigenvalue weighted by atomic mass is 32.2. The van der Waals surface area contributed by atoms with Gasteiger partial charge in [-0.2, -0.15) is 0 Å². The second-order valence-electron chi connectivity index (χ2n) is 6.48. The third-order valence-electron chi connectivity index (χ3n) is 4.77. The first-order chi connectivity index (χ1) is 10.8. The van der Waals surface area contributed by atoms with Gasteiger partial charge in [0.25, 0.3) is 0 Å². The summed E-state index contributed by atoms with van der Waals surface area (Å²) in [5, 5.41) is 3.33. The van der Waals surface area contributed by atoms with Crippen LogP contribution in [0.1, 0.15) is 31.7 Å². The van der Waals surface area contributed by atoms with Gasteiger partial charge in [0, 0.05) is 32.1 Å². The Bertz CT molecular complexity index is 612. The summed E-state index contributed by atoms with van der Waals surface area (Å²) >= 11 is 0. The Balaban J connectivity index is 1.89. The Morgan fingerprint density at radius 2 is 1.96 bits per heavy atom. The van der Waals surface area contributed by atoms with E-state index < -0.39 is 14.6 Å². The van der Waals surface area contributed by atoms with E-state index in [4.69, 9.17) is 4.74 Å². The average molecular weight is 343 g/mol. The van der Waals surface area contributed by atoms with Gasteiger partial charge in [0.1, 0.15) is 5.82 Å². The van der Waals surface area contributed by atoms with Crippen LogP contribution in [0.4, 0.5) is 4.39 Å². The van der Waals surface area contributed by atoms with Crippen molar-refractivity contribution < 1.29 is 17.5 Å². The van der Waals surface area contributed by atoms with Gasteiger partial charge in [-0.05, 0) is 44.2 Å². The second-order valence-corrected chi connectivity index (χ2v) is 8.89. The summed E-state index contributed by atoms with van der Waals surface area (Å²) in [6, 6.07) is 6.89. The molecule has 4 nitrogen and oxygen atoms in total. The molecule has 0 aliphatic carbocycles. The molecule has 1 aliphatic heterocycles. The SMILES string of the molecule is CC(CCc1ccccc1F)NCC1(S(C)(=O)=O)CCOCC1. The normalized spacial score (nSPS) is 19.4. The summed E-state index contributed by atoms with van der Waals surface area (Å²) in [4.78, 5) is 0. The summed E-state index contributed by atoms with van der Waals surface area (Å²) in [6.45, 7) is 3.40. The highest BCUT2D eigenvalue weighted by Crippen LogP contribution is 2.28. The fourth-order valence-electron chi connectivity index (χ4n) is 2.96. The van der Waals surface area contributed by atoms with Gasteiger partial charge in [-0.3, -0.25) is 0 Å². The number of ether oxygens (including phenoxy) is 1. The Hall–Kier alpha value is -0.980. The zero-order valence-corrected chi connectivity index (χ0v) is 14.7. The van der Waals surface area contributed by atoms with Gasteiger partial charge < -0.3 is 10.1 Å². The van der Waals surface area contributed by atoms with Crippen LogP contribution in [0.3, 0.4) is 0 Å². The van der Waals surface area contributed by atoms with Crippen molar-refractivity contribution in [2.24, 2.45) is 0 Å². The number of hydrogen-bond donors (Lipinski definition) is 1. The van der Waals surface area contributed by atoms with Gasteiger partial charge in [0.2, 0.25) is 0 Å². The Kier molecular flexibility index (Phi) is 6.17. The molecule has 0 amide bonds. The van der Waals surface area contributed by atoms with Crippen LogP contribution in [0.5, 0.6) is 0 Å². The molecular weight excluding hydrogens is 317 g/mol. The summed E-state index contributed by atoms with van der Waals surface area (Å²) in [5.41, 5.74) is 0.699. The summed E-state index contributed by atoms with van der Waals surface area (Å²) in [5.74, 6) is -0.184. The van der Waals surface area contributed by atoms with Gasteiger partial charge in [0.05, 0.1) is 4.75 Å². The minimum Gasteiger partial charge on any atom is -0.381 e. The predicted octanol–water partition coefficient (Wildman–Crippen LogP) is 2.33. The molecule has 1 aliphatic rings. The molecular formula is C17H26FNO3S. The fourth-order valence-corrected chi connectivity index (χ4v) is 4.21. The van der Waals surface area contributed by atoms with Crippen LogP contribution < -0.4 is 5.32 Å². The summed E-state index contributed by atoms with van der Waals surface area (Å²) in [7, 11) is -3.16. The molecule has 1 fully saturated rings. The van der Waals surface area contributed by atoms with Crippen molar-refractivity contribution in [1.29, 1.82) is 0 Å². The van der Waals surface area contributed by atoms with Gasteiger partial charge >= 0.3 is 0 Å². The monoisotopic (exact) mass is 343 g/mol. The maximum atomic E-state index is 13.6. The van der Waals surface area contributed by atoms with E-state index in [0.717, 1.165) is 6.42 Å². The maximum Gasteiger partial charge on any atom is 0.154 e. The molecule has 0 spiro atoms. The Morgan fingerprint density at radius 3 is 2.57 bits per heavy atom. The minimum atomic E-state index is -3.16. The van der Waals surface area contributed by atoms with Crippen molar-refractivity contribution in [2.75, 3.05) is 26.0 Å². The van der Waals surface area contributed by atoms with Crippen molar-refractivity contribution in [1.82, 2.24) is 5.32 Å². The lowest BCUT2D eigenvalue weighted by Gasteiger charge is -2.36. The molecule has 23 heavy (non-hydrogen) atoms. The standard InChI is InChI=1S/C17H26FNO3S/c1-14(7-8-15-5-3-4-6-16(15)18)19-13-17(23(2,20)21)9-11-22-12-10-17/h3-6,14,19H,7-13H2,1-2H3. The summed E-state index contributed by atoms with van der Waals surface area (Å²) in [6.07, 6.45) is 3.76. The topological polar surface area (TPSA) is 55.4 Å². The van der Waals surface area contributed by atoms with E-state index >= 15 is 0 Å². The maximum absolute atomic E-state index is 13.6. The molecule has 130 valence electrons.